The van der Waals surface area contributed by atoms with Crippen LogP contribution in [0.1, 0.15) is 44.1 Å². The molecule has 0 unspecified atom stereocenters. The van der Waals surface area contributed by atoms with Gasteiger partial charge in [-0.3, -0.25) is 0 Å². The van der Waals surface area contributed by atoms with Crippen LogP contribution in [0.25, 0.3) is 79.1 Å². The molecule has 4 aliphatic carbocycles. The van der Waals surface area contributed by atoms with Crippen molar-refractivity contribution in [3.8, 4) is 68.3 Å². The van der Waals surface area contributed by atoms with Gasteiger partial charge in [-0.1, -0.05) is 146 Å². The third-order valence-electron chi connectivity index (χ3n) is 12.6. The van der Waals surface area contributed by atoms with Gasteiger partial charge in [0.15, 0.2) is 34.9 Å². The van der Waals surface area contributed by atoms with Crippen molar-refractivity contribution in [3.63, 3.8) is 0 Å². The molecule has 270 valence electrons. The Morgan fingerprint density at radius 3 is 1.27 bits per heavy atom. The fourth-order valence-corrected chi connectivity index (χ4v) is 10.4. The Bertz CT molecular complexity index is 2620. The van der Waals surface area contributed by atoms with E-state index in [0.29, 0.717) is 40.4 Å². The average molecular weight is 725 g/mol. The van der Waals surface area contributed by atoms with E-state index in [1.165, 1.54) is 44.1 Å². The average Bonchev–Trinajstić information content (AvgIpc) is 3.26. The van der Waals surface area contributed by atoms with Gasteiger partial charge in [0.25, 0.3) is 0 Å². The van der Waals surface area contributed by atoms with E-state index < -0.39 is 0 Å². The van der Waals surface area contributed by atoms with Crippen LogP contribution in [0.5, 0.6) is 0 Å². The van der Waals surface area contributed by atoms with Gasteiger partial charge in [-0.2, -0.15) is 0 Å². The van der Waals surface area contributed by atoms with E-state index in [1.807, 2.05) is 78.9 Å². The third kappa shape index (κ3) is 5.88. The summed E-state index contributed by atoms with van der Waals surface area (Å²) in [5, 5.41) is 2.09. The lowest BCUT2D eigenvalue weighted by Gasteiger charge is -2.57. The van der Waals surface area contributed by atoms with Gasteiger partial charge in [-0.25, -0.2) is 29.9 Å². The highest BCUT2D eigenvalue weighted by Gasteiger charge is 2.51. The molecule has 4 fully saturated rings. The molecule has 4 bridgehead atoms. The molecule has 12 rings (SSSR count). The van der Waals surface area contributed by atoms with Crippen LogP contribution in [0, 0.1) is 17.8 Å². The molecule has 4 aliphatic rings. The van der Waals surface area contributed by atoms with E-state index in [2.05, 4.69) is 72.8 Å². The Morgan fingerprint density at radius 2 is 0.768 bits per heavy atom. The van der Waals surface area contributed by atoms with Crippen molar-refractivity contribution in [2.24, 2.45) is 17.8 Å². The molecule has 0 amide bonds. The zero-order valence-corrected chi connectivity index (χ0v) is 31.1. The molecule has 2 aromatic heterocycles. The molecule has 8 aromatic rings. The van der Waals surface area contributed by atoms with Crippen molar-refractivity contribution in [3.05, 3.63) is 157 Å². The zero-order valence-electron chi connectivity index (χ0n) is 31.1. The Hall–Kier alpha value is -6.40. The third-order valence-corrected chi connectivity index (χ3v) is 12.6. The van der Waals surface area contributed by atoms with Crippen molar-refractivity contribution in [1.29, 1.82) is 0 Å². The molecule has 0 N–H and O–H groups in total. The van der Waals surface area contributed by atoms with Gasteiger partial charge in [0, 0.05) is 33.4 Å². The number of nitrogens with zero attached hydrogens (tertiary/aromatic N) is 6. The van der Waals surface area contributed by atoms with Crippen LogP contribution < -0.4 is 0 Å². The molecule has 2 heterocycles. The lowest BCUT2D eigenvalue weighted by molar-refractivity contribution is -0.00518. The van der Waals surface area contributed by atoms with Gasteiger partial charge in [-0.15, -0.1) is 0 Å². The molecule has 56 heavy (non-hydrogen) atoms. The molecule has 0 spiro atoms. The first-order valence-corrected chi connectivity index (χ1v) is 20.0. The summed E-state index contributed by atoms with van der Waals surface area (Å²) >= 11 is 0. The second-order valence-electron chi connectivity index (χ2n) is 16.2. The zero-order chi connectivity index (χ0) is 37.1. The second kappa shape index (κ2) is 13.4. The topological polar surface area (TPSA) is 77.3 Å². The summed E-state index contributed by atoms with van der Waals surface area (Å²) in [5.41, 5.74) is 7.26. The number of hydrogen-bond donors (Lipinski definition) is 0. The number of rotatable bonds is 7. The molecule has 0 atom stereocenters. The maximum atomic E-state index is 5.28. The number of aromatic nitrogens is 6. The molecule has 6 heteroatoms. The van der Waals surface area contributed by atoms with Crippen LogP contribution in [-0.2, 0) is 5.41 Å². The predicted octanol–water partition coefficient (Wildman–Crippen LogP) is 11.7. The summed E-state index contributed by atoms with van der Waals surface area (Å²) in [6.07, 6.45) is 8.34. The second-order valence-corrected chi connectivity index (χ2v) is 16.2. The molecule has 4 saturated carbocycles. The minimum absolute atomic E-state index is 0.328. The van der Waals surface area contributed by atoms with E-state index in [-0.39, 0.29) is 0 Å². The van der Waals surface area contributed by atoms with Crippen molar-refractivity contribution in [1.82, 2.24) is 29.9 Å². The highest BCUT2D eigenvalue weighted by atomic mass is 15.1. The van der Waals surface area contributed by atoms with Crippen LogP contribution >= 0.6 is 0 Å². The van der Waals surface area contributed by atoms with Crippen LogP contribution in [0.4, 0.5) is 0 Å². The van der Waals surface area contributed by atoms with E-state index in [9.17, 15) is 0 Å². The van der Waals surface area contributed by atoms with Crippen molar-refractivity contribution >= 4 is 10.8 Å². The summed E-state index contributed by atoms with van der Waals surface area (Å²) < 4.78 is 0. The minimum atomic E-state index is 0.328. The highest BCUT2D eigenvalue weighted by molar-refractivity contribution is 6.02. The van der Waals surface area contributed by atoms with Gasteiger partial charge in [0.05, 0.1) is 0 Å². The van der Waals surface area contributed by atoms with Gasteiger partial charge >= 0.3 is 0 Å². The lowest BCUT2D eigenvalue weighted by atomic mass is 9.48. The van der Waals surface area contributed by atoms with Crippen LogP contribution in [-0.4, -0.2) is 29.9 Å². The summed E-state index contributed by atoms with van der Waals surface area (Å²) in [6.45, 7) is 0. The van der Waals surface area contributed by atoms with E-state index in [0.717, 1.165) is 61.9 Å². The Balaban J connectivity index is 1.09. The molecular weight excluding hydrogens is 685 g/mol. The maximum absolute atomic E-state index is 5.28. The Labute approximate surface area is 326 Å². The van der Waals surface area contributed by atoms with Gasteiger partial charge < -0.3 is 0 Å². The first-order chi connectivity index (χ1) is 27.6. The summed E-state index contributed by atoms with van der Waals surface area (Å²) in [6, 6.07) is 52.3. The molecule has 0 aliphatic heterocycles. The summed E-state index contributed by atoms with van der Waals surface area (Å²) in [4.78, 5) is 31.0. The van der Waals surface area contributed by atoms with Crippen molar-refractivity contribution < 1.29 is 0 Å². The largest absolute Gasteiger partial charge is 0.208 e. The molecule has 6 aromatic carbocycles. The standard InChI is InChI=1S/C50H40N6/c1-4-13-36(14-5-1)44-51-47(39-20-23-40(24-21-39)50-29-32-26-33(30-50)28-34(27-32)31-50)54-48(53-44)42-25-22-35-12-10-11-19-41(35)43(42)49-55-45(37-15-6-2-7-16-37)52-46(56-49)38-17-8-3-9-18-38/h1-25,32-34H,26-31H2. The monoisotopic (exact) mass is 724 g/mol. The van der Waals surface area contributed by atoms with Crippen molar-refractivity contribution in [2.75, 3.05) is 0 Å². The van der Waals surface area contributed by atoms with E-state index in [4.69, 9.17) is 29.9 Å². The summed E-state index contributed by atoms with van der Waals surface area (Å²) in [5.74, 6) is 6.31. The SMILES string of the molecule is c1ccc(-c2nc(-c3ccc(C45CC6CC(CC(C6)C4)C5)cc3)nc(-c3ccc4ccccc4c3-c3nc(-c4ccccc4)nc(-c4ccccc4)n3)n2)cc1. The van der Waals surface area contributed by atoms with Crippen LogP contribution in [0.3, 0.4) is 0 Å². The number of benzene rings is 6. The Morgan fingerprint density at radius 1 is 0.357 bits per heavy atom. The quantitative estimate of drug-likeness (QED) is 0.163. The van der Waals surface area contributed by atoms with Crippen molar-refractivity contribution in [2.45, 2.75) is 43.9 Å². The smallest absolute Gasteiger partial charge is 0.165 e. The minimum Gasteiger partial charge on any atom is -0.208 e. The molecular formula is C50H40N6. The molecule has 0 radical (unpaired) electrons. The predicted molar refractivity (Wildman–Crippen MR) is 223 cm³/mol. The van der Waals surface area contributed by atoms with Crippen LogP contribution in [0.15, 0.2) is 152 Å². The fraction of sp³-hybridized carbons (Fsp3) is 0.200. The number of hydrogen-bond acceptors (Lipinski definition) is 6. The van der Waals surface area contributed by atoms with Gasteiger partial charge in [0.2, 0.25) is 0 Å². The lowest BCUT2D eigenvalue weighted by Crippen LogP contribution is -2.48. The highest BCUT2D eigenvalue weighted by Crippen LogP contribution is 2.60. The fourth-order valence-electron chi connectivity index (χ4n) is 10.4. The first-order valence-electron chi connectivity index (χ1n) is 20.0. The normalized spacial score (nSPS) is 21.0. The van der Waals surface area contributed by atoms with E-state index >= 15 is 0 Å². The molecule has 6 nitrogen and oxygen atoms in total. The summed E-state index contributed by atoms with van der Waals surface area (Å²) in [7, 11) is 0. The van der Waals surface area contributed by atoms with Gasteiger partial charge in [-0.05, 0) is 84.1 Å². The van der Waals surface area contributed by atoms with Gasteiger partial charge in [0.1, 0.15) is 0 Å². The van der Waals surface area contributed by atoms with E-state index in [1.54, 1.807) is 0 Å². The Kier molecular flexibility index (Phi) is 7.90. The maximum Gasteiger partial charge on any atom is 0.165 e. The number of fused-ring (bicyclic) bond motifs is 1. The molecule has 0 saturated heterocycles. The van der Waals surface area contributed by atoms with Crippen LogP contribution in [0.2, 0.25) is 0 Å². The first kappa shape index (κ1) is 33.0.